The summed E-state index contributed by atoms with van der Waals surface area (Å²) < 4.78 is 40.4. The molecule has 0 atom stereocenters. The molecule has 0 aliphatic rings. The SMILES string of the molecule is FC(F)(F)Oc1ccc(CNc2cn[nH]c2)cc1Br. The highest BCUT2D eigenvalue weighted by Crippen LogP contribution is 2.31. The fourth-order valence-electron chi connectivity index (χ4n) is 1.41. The van der Waals surface area contributed by atoms with E-state index in [0.717, 1.165) is 11.3 Å². The van der Waals surface area contributed by atoms with E-state index in [-0.39, 0.29) is 10.2 Å². The second-order valence-electron chi connectivity index (χ2n) is 3.65. The summed E-state index contributed by atoms with van der Waals surface area (Å²) in [4.78, 5) is 0. The van der Waals surface area contributed by atoms with Crippen molar-refractivity contribution in [2.75, 3.05) is 5.32 Å². The van der Waals surface area contributed by atoms with Crippen LogP contribution >= 0.6 is 15.9 Å². The molecule has 0 saturated carbocycles. The first-order chi connectivity index (χ1) is 8.94. The summed E-state index contributed by atoms with van der Waals surface area (Å²) in [5.74, 6) is -0.264. The first-order valence-electron chi connectivity index (χ1n) is 5.21. The monoisotopic (exact) mass is 335 g/mol. The number of benzene rings is 1. The number of nitrogens with one attached hydrogen (secondary N) is 2. The number of aromatic nitrogens is 2. The third-order valence-electron chi connectivity index (χ3n) is 2.22. The van der Waals surface area contributed by atoms with E-state index in [9.17, 15) is 13.2 Å². The molecule has 19 heavy (non-hydrogen) atoms. The molecular weight excluding hydrogens is 327 g/mol. The minimum atomic E-state index is -4.70. The van der Waals surface area contributed by atoms with E-state index in [1.54, 1.807) is 24.5 Å². The van der Waals surface area contributed by atoms with E-state index in [1.807, 2.05) is 0 Å². The van der Waals surface area contributed by atoms with Crippen molar-refractivity contribution in [1.82, 2.24) is 10.2 Å². The average molecular weight is 336 g/mol. The molecule has 2 rings (SSSR count). The Kier molecular flexibility index (Phi) is 3.98. The smallest absolute Gasteiger partial charge is 0.405 e. The van der Waals surface area contributed by atoms with E-state index in [0.29, 0.717) is 6.54 Å². The van der Waals surface area contributed by atoms with Crippen molar-refractivity contribution in [3.8, 4) is 5.75 Å². The number of hydrogen-bond acceptors (Lipinski definition) is 3. The fraction of sp³-hybridized carbons (Fsp3) is 0.182. The zero-order chi connectivity index (χ0) is 13.9. The molecule has 0 amide bonds. The molecule has 0 aliphatic carbocycles. The van der Waals surface area contributed by atoms with Gasteiger partial charge in [-0.25, -0.2) is 0 Å². The molecule has 1 aromatic heterocycles. The number of rotatable bonds is 4. The number of halogens is 4. The maximum atomic E-state index is 12.1. The minimum absolute atomic E-state index is 0.247. The van der Waals surface area contributed by atoms with Crippen LogP contribution in [0.1, 0.15) is 5.56 Å². The highest BCUT2D eigenvalue weighted by Gasteiger charge is 2.31. The molecule has 0 spiro atoms. The van der Waals surface area contributed by atoms with E-state index in [4.69, 9.17) is 0 Å². The van der Waals surface area contributed by atoms with E-state index < -0.39 is 6.36 Å². The van der Waals surface area contributed by atoms with Crippen molar-refractivity contribution in [3.05, 3.63) is 40.6 Å². The number of hydrogen-bond donors (Lipinski definition) is 2. The lowest BCUT2D eigenvalue weighted by atomic mass is 10.2. The lowest BCUT2D eigenvalue weighted by Crippen LogP contribution is -2.17. The van der Waals surface area contributed by atoms with Crippen LogP contribution in [0.5, 0.6) is 5.75 Å². The van der Waals surface area contributed by atoms with Crippen LogP contribution in [0.25, 0.3) is 0 Å². The van der Waals surface area contributed by atoms with Gasteiger partial charge in [0.15, 0.2) is 0 Å². The summed E-state index contributed by atoms with van der Waals surface area (Å²) in [6.07, 6.45) is -1.41. The molecule has 0 radical (unpaired) electrons. The molecule has 8 heteroatoms. The Morgan fingerprint density at radius 1 is 1.37 bits per heavy atom. The second kappa shape index (κ2) is 5.52. The van der Waals surface area contributed by atoms with Gasteiger partial charge in [0.05, 0.1) is 16.4 Å². The van der Waals surface area contributed by atoms with Gasteiger partial charge in [-0.2, -0.15) is 5.10 Å². The van der Waals surface area contributed by atoms with E-state index >= 15 is 0 Å². The van der Waals surface area contributed by atoms with Gasteiger partial charge in [-0.1, -0.05) is 6.07 Å². The second-order valence-corrected chi connectivity index (χ2v) is 4.51. The Morgan fingerprint density at radius 2 is 2.16 bits per heavy atom. The van der Waals surface area contributed by atoms with Crippen LogP contribution in [0.2, 0.25) is 0 Å². The Morgan fingerprint density at radius 3 is 2.74 bits per heavy atom. The molecule has 0 unspecified atom stereocenters. The number of anilines is 1. The molecule has 0 bridgehead atoms. The summed E-state index contributed by atoms with van der Waals surface area (Å²) in [6.45, 7) is 0.463. The molecule has 1 aromatic carbocycles. The zero-order valence-electron chi connectivity index (χ0n) is 9.46. The van der Waals surface area contributed by atoms with Crippen LogP contribution in [0.15, 0.2) is 35.1 Å². The lowest BCUT2D eigenvalue weighted by Gasteiger charge is -2.11. The van der Waals surface area contributed by atoms with Gasteiger partial charge in [-0.3, -0.25) is 5.10 Å². The van der Waals surface area contributed by atoms with Gasteiger partial charge in [-0.05, 0) is 33.6 Å². The van der Waals surface area contributed by atoms with Gasteiger partial charge >= 0.3 is 6.36 Å². The molecular formula is C11H9BrF3N3O. The van der Waals surface area contributed by atoms with Crippen LogP contribution in [0, 0.1) is 0 Å². The molecule has 0 saturated heterocycles. The van der Waals surface area contributed by atoms with Gasteiger partial charge in [0, 0.05) is 12.7 Å². The average Bonchev–Trinajstić information content (AvgIpc) is 2.81. The highest BCUT2D eigenvalue weighted by molar-refractivity contribution is 9.10. The summed E-state index contributed by atoms with van der Waals surface area (Å²) in [7, 11) is 0. The third kappa shape index (κ3) is 4.16. The summed E-state index contributed by atoms with van der Waals surface area (Å²) in [5.41, 5.74) is 1.61. The van der Waals surface area contributed by atoms with Crippen LogP contribution in [-0.4, -0.2) is 16.6 Å². The van der Waals surface area contributed by atoms with Gasteiger partial charge < -0.3 is 10.1 Å². The maximum Gasteiger partial charge on any atom is 0.573 e. The standard InChI is InChI=1S/C11H9BrF3N3O/c12-9-3-7(4-16-8-5-17-18-6-8)1-2-10(9)19-11(13,14)15/h1-3,5-6,16H,4H2,(H,17,18). The van der Waals surface area contributed by atoms with Gasteiger partial charge in [0.1, 0.15) is 5.75 Å². The number of alkyl halides is 3. The normalized spacial score (nSPS) is 11.4. The molecule has 0 aliphatic heterocycles. The van der Waals surface area contributed by atoms with E-state index in [2.05, 4.69) is 36.2 Å². The maximum absolute atomic E-state index is 12.1. The van der Waals surface area contributed by atoms with E-state index in [1.165, 1.54) is 6.07 Å². The van der Waals surface area contributed by atoms with Gasteiger partial charge in [0.25, 0.3) is 0 Å². The number of ether oxygens (including phenoxy) is 1. The fourth-order valence-corrected chi connectivity index (χ4v) is 1.92. The third-order valence-corrected chi connectivity index (χ3v) is 2.84. The van der Waals surface area contributed by atoms with Crippen LogP contribution < -0.4 is 10.1 Å². The van der Waals surface area contributed by atoms with Crippen molar-refractivity contribution < 1.29 is 17.9 Å². The summed E-state index contributed by atoms with van der Waals surface area (Å²) in [5, 5.41) is 9.47. The zero-order valence-corrected chi connectivity index (χ0v) is 11.0. The predicted molar refractivity (Wildman–Crippen MR) is 66.7 cm³/mol. The van der Waals surface area contributed by atoms with Crippen molar-refractivity contribution in [3.63, 3.8) is 0 Å². The molecule has 2 N–H and O–H groups in total. The number of nitrogens with zero attached hydrogens (tertiary/aromatic N) is 1. The van der Waals surface area contributed by atoms with Crippen molar-refractivity contribution in [2.24, 2.45) is 0 Å². The lowest BCUT2D eigenvalue weighted by molar-refractivity contribution is -0.274. The van der Waals surface area contributed by atoms with Crippen molar-refractivity contribution >= 4 is 21.6 Å². The number of aromatic amines is 1. The first-order valence-corrected chi connectivity index (χ1v) is 6.00. The molecule has 4 nitrogen and oxygen atoms in total. The first kappa shape index (κ1) is 13.7. The quantitative estimate of drug-likeness (QED) is 0.895. The topological polar surface area (TPSA) is 49.9 Å². The highest BCUT2D eigenvalue weighted by atomic mass is 79.9. The van der Waals surface area contributed by atoms with Crippen molar-refractivity contribution in [2.45, 2.75) is 12.9 Å². The van der Waals surface area contributed by atoms with Gasteiger partial charge in [0.2, 0.25) is 0 Å². The van der Waals surface area contributed by atoms with Crippen LogP contribution in [0.3, 0.4) is 0 Å². The summed E-state index contributed by atoms with van der Waals surface area (Å²) >= 11 is 3.05. The van der Waals surface area contributed by atoms with Crippen molar-refractivity contribution in [1.29, 1.82) is 0 Å². The Bertz CT molecular complexity index is 543. The predicted octanol–water partition coefficient (Wildman–Crippen LogP) is 3.68. The minimum Gasteiger partial charge on any atom is -0.405 e. The Hall–Kier alpha value is -1.70. The summed E-state index contributed by atoms with van der Waals surface area (Å²) in [6, 6.07) is 4.39. The Balaban J connectivity index is 2.02. The van der Waals surface area contributed by atoms with Crippen LogP contribution in [-0.2, 0) is 6.54 Å². The Labute approximate surface area is 115 Å². The number of H-pyrrole nitrogens is 1. The van der Waals surface area contributed by atoms with Gasteiger partial charge in [-0.15, -0.1) is 13.2 Å². The molecule has 102 valence electrons. The molecule has 0 fully saturated rings. The largest absolute Gasteiger partial charge is 0.573 e. The molecule has 1 heterocycles. The van der Waals surface area contributed by atoms with Crippen LogP contribution in [0.4, 0.5) is 18.9 Å². The molecule has 2 aromatic rings.